The van der Waals surface area contributed by atoms with E-state index in [-0.39, 0.29) is 12.5 Å². The number of benzene rings is 1. The Morgan fingerprint density at radius 3 is 2.72 bits per heavy atom. The van der Waals surface area contributed by atoms with Gasteiger partial charge in [-0.1, -0.05) is 37.6 Å². The molecule has 1 aliphatic carbocycles. The molecule has 3 aromatic rings. The number of halogens is 1. The zero-order valence-electron chi connectivity index (χ0n) is 18.0. The molecule has 1 aliphatic rings. The number of aromatic nitrogens is 2. The highest BCUT2D eigenvalue weighted by molar-refractivity contribution is 7.19. The lowest BCUT2D eigenvalue weighted by atomic mass is 9.97. The first-order valence-electron chi connectivity index (χ1n) is 10.6. The number of hydrogen-bond donors (Lipinski definition) is 2. The molecule has 32 heavy (non-hydrogen) atoms. The number of thiophene rings is 1. The van der Waals surface area contributed by atoms with Crippen molar-refractivity contribution in [3.8, 4) is 0 Å². The number of aryl methyl sites for hydroxylation is 2. The summed E-state index contributed by atoms with van der Waals surface area (Å²) in [7, 11) is 0. The van der Waals surface area contributed by atoms with Gasteiger partial charge in [-0.25, -0.2) is 14.8 Å². The van der Waals surface area contributed by atoms with Gasteiger partial charge in [-0.3, -0.25) is 4.79 Å². The molecule has 168 valence electrons. The van der Waals surface area contributed by atoms with Gasteiger partial charge in [0.1, 0.15) is 16.7 Å². The van der Waals surface area contributed by atoms with Gasteiger partial charge in [0.25, 0.3) is 5.91 Å². The van der Waals surface area contributed by atoms with Gasteiger partial charge in [0.2, 0.25) is 0 Å². The molecule has 0 fully saturated rings. The Kier molecular flexibility index (Phi) is 6.62. The standard InChI is InChI=1S/C23H25ClN4O3S/c1-12(2)19(28-21(29)13-7-3-5-9-15(13)24)23(30)31-11-17-26-20(25)18-14-8-4-6-10-16(14)32-22(18)27-17/h3,5,7,9,12,19H,4,6,8,10-11H2,1-2H3,(H,28,29)(H2,25,26,27)/t19-/m0/s1. The van der Waals surface area contributed by atoms with Gasteiger partial charge in [-0.2, -0.15) is 0 Å². The summed E-state index contributed by atoms with van der Waals surface area (Å²) in [5.74, 6) is -0.410. The second kappa shape index (κ2) is 9.42. The number of carbonyl (C=O) groups is 2. The summed E-state index contributed by atoms with van der Waals surface area (Å²) >= 11 is 7.74. The Hall–Kier alpha value is -2.71. The van der Waals surface area contributed by atoms with Crippen LogP contribution < -0.4 is 11.1 Å². The van der Waals surface area contributed by atoms with Crippen molar-refractivity contribution >= 4 is 50.8 Å². The van der Waals surface area contributed by atoms with E-state index < -0.39 is 17.9 Å². The number of anilines is 1. The molecule has 0 spiro atoms. The minimum atomic E-state index is -0.839. The topological polar surface area (TPSA) is 107 Å². The highest BCUT2D eigenvalue weighted by Crippen LogP contribution is 2.37. The van der Waals surface area contributed by atoms with Crippen molar-refractivity contribution in [3.05, 3.63) is 51.1 Å². The van der Waals surface area contributed by atoms with Crippen LogP contribution in [0.5, 0.6) is 0 Å². The van der Waals surface area contributed by atoms with Crippen LogP contribution in [0.3, 0.4) is 0 Å². The van der Waals surface area contributed by atoms with Crippen LogP contribution in [0.1, 0.15) is 53.3 Å². The molecular weight excluding hydrogens is 448 g/mol. The quantitative estimate of drug-likeness (QED) is 0.518. The number of carbonyl (C=O) groups excluding carboxylic acids is 2. The maximum absolute atomic E-state index is 12.8. The molecule has 9 heteroatoms. The number of nitrogens with one attached hydrogen (secondary N) is 1. The Bertz CT molecular complexity index is 1180. The molecule has 4 rings (SSSR count). The Morgan fingerprint density at radius 2 is 1.97 bits per heavy atom. The molecule has 0 saturated carbocycles. The lowest BCUT2D eigenvalue weighted by Crippen LogP contribution is -2.45. The van der Waals surface area contributed by atoms with Crippen LogP contribution in [0.25, 0.3) is 10.2 Å². The lowest BCUT2D eigenvalue weighted by Gasteiger charge is -2.21. The molecule has 1 aromatic carbocycles. The van der Waals surface area contributed by atoms with Gasteiger partial charge in [0.15, 0.2) is 12.4 Å². The molecule has 1 atom stereocenters. The zero-order valence-corrected chi connectivity index (χ0v) is 19.6. The smallest absolute Gasteiger partial charge is 0.329 e. The first-order chi connectivity index (χ1) is 15.3. The second-order valence-electron chi connectivity index (χ2n) is 8.20. The number of esters is 1. The summed E-state index contributed by atoms with van der Waals surface area (Å²) in [6, 6.07) is 5.84. The van der Waals surface area contributed by atoms with Gasteiger partial charge in [0.05, 0.1) is 16.0 Å². The Morgan fingerprint density at radius 1 is 1.22 bits per heavy atom. The molecular formula is C23H25ClN4O3S. The fraction of sp³-hybridized carbons (Fsp3) is 0.391. The van der Waals surface area contributed by atoms with E-state index in [2.05, 4.69) is 15.3 Å². The van der Waals surface area contributed by atoms with E-state index >= 15 is 0 Å². The van der Waals surface area contributed by atoms with Crippen molar-refractivity contribution in [1.82, 2.24) is 15.3 Å². The molecule has 7 nitrogen and oxygen atoms in total. The number of nitrogens with two attached hydrogens (primary N) is 1. The van der Waals surface area contributed by atoms with Crippen molar-refractivity contribution in [3.63, 3.8) is 0 Å². The largest absolute Gasteiger partial charge is 0.456 e. The third kappa shape index (κ3) is 4.56. The van der Waals surface area contributed by atoms with Gasteiger partial charge >= 0.3 is 5.97 Å². The van der Waals surface area contributed by atoms with Crippen molar-refractivity contribution in [2.24, 2.45) is 5.92 Å². The monoisotopic (exact) mass is 472 g/mol. The molecule has 1 amide bonds. The Balaban J connectivity index is 1.47. The van der Waals surface area contributed by atoms with Crippen molar-refractivity contribution in [2.75, 3.05) is 5.73 Å². The molecule has 0 unspecified atom stereocenters. The van der Waals surface area contributed by atoms with E-state index in [0.29, 0.717) is 22.2 Å². The van der Waals surface area contributed by atoms with Crippen molar-refractivity contribution in [2.45, 2.75) is 52.2 Å². The summed E-state index contributed by atoms with van der Waals surface area (Å²) in [5.41, 5.74) is 7.80. The number of amides is 1. The maximum Gasteiger partial charge on any atom is 0.329 e. The number of nitrogen functional groups attached to an aromatic ring is 1. The lowest BCUT2D eigenvalue weighted by molar-refractivity contribution is -0.148. The van der Waals surface area contributed by atoms with Gasteiger partial charge < -0.3 is 15.8 Å². The van der Waals surface area contributed by atoms with Crippen LogP contribution in [-0.4, -0.2) is 27.9 Å². The molecule has 0 radical (unpaired) electrons. The molecule has 0 aliphatic heterocycles. The van der Waals surface area contributed by atoms with Crippen LogP contribution in [0.2, 0.25) is 5.02 Å². The number of fused-ring (bicyclic) bond motifs is 3. The normalized spacial score (nSPS) is 14.2. The zero-order chi connectivity index (χ0) is 22.8. The second-order valence-corrected chi connectivity index (χ2v) is 9.69. The van der Waals surface area contributed by atoms with Crippen LogP contribution in [-0.2, 0) is 29.0 Å². The minimum Gasteiger partial charge on any atom is -0.456 e. The number of nitrogens with zero attached hydrogens (tertiary/aromatic N) is 2. The van der Waals surface area contributed by atoms with Gasteiger partial charge in [-0.05, 0) is 49.3 Å². The van der Waals surface area contributed by atoms with E-state index in [4.69, 9.17) is 22.1 Å². The molecule has 3 N–H and O–H groups in total. The van der Waals surface area contributed by atoms with Crippen LogP contribution in [0.4, 0.5) is 5.82 Å². The first kappa shape index (κ1) is 22.5. The summed E-state index contributed by atoms with van der Waals surface area (Å²) in [6.07, 6.45) is 4.36. The SMILES string of the molecule is CC(C)[C@H](NC(=O)c1ccccc1Cl)C(=O)OCc1nc(N)c2c3c(sc2n1)CCCC3. The van der Waals surface area contributed by atoms with Crippen LogP contribution >= 0.6 is 22.9 Å². The molecule has 0 bridgehead atoms. The fourth-order valence-corrected chi connectivity index (χ4v) is 5.39. The van der Waals surface area contributed by atoms with Gasteiger partial charge in [-0.15, -0.1) is 11.3 Å². The average Bonchev–Trinajstić information content (AvgIpc) is 3.14. The average molecular weight is 473 g/mol. The minimum absolute atomic E-state index is 0.118. The highest BCUT2D eigenvalue weighted by Gasteiger charge is 2.27. The number of rotatable bonds is 6. The van der Waals surface area contributed by atoms with E-state index in [9.17, 15) is 9.59 Å². The van der Waals surface area contributed by atoms with E-state index in [0.717, 1.165) is 29.5 Å². The summed E-state index contributed by atoms with van der Waals surface area (Å²) in [4.78, 5) is 36.5. The van der Waals surface area contributed by atoms with Crippen molar-refractivity contribution in [1.29, 1.82) is 0 Å². The van der Waals surface area contributed by atoms with E-state index in [1.165, 1.54) is 16.9 Å². The Labute approximate surface area is 195 Å². The number of hydrogen-bond acceptors (Lipinski definition) is 7. The summed E-state index contributed by atoms with van der Waals surface area (Å²) < 4.78 is 5.46. The predicted molar refractivity (Wildman–Crippen MR) is 126 cm³/mol. The predicted octanol–water partition coefficient (Wildman–Crippen LogP) is 4.30. The summed E-state index contributed by atoms with van der Waals surface area (Å²) in [5, 5.41) is 3.98. The third-order valence-corrected chi connectivity index (χ3v) is 7.07. The highest BCUT2D eigenvalue weighted by atomic mass is 35.5. The van der Waals surface area contributed by atoms with E-state index in [1.54, 1.807) is 35.6 Å². The molecule has 2 heterocycles. The van der Waals surface area contributed by atoms with Gasteiger partial charge in [0, 0.05) is 4.88 Å². The number of ether oxygens (including phenoxy) is 1. The molecule has 2 aromatic heterocycles. The van der Waals surface area contributed by atoms with Crippen molar-refractivity contribution < 1.29 is 14.3 Å². The van der Waals surface area contributed by atoms with E-state index in [1.807, 2.05) is 13.8 Å². The van der Waals surface area contributed by atoms with Crippen LogP contribution in [0.15, 0.2) is 24.3 Å². The third-order valence-electron chi connectivity index (χ3n) is 5.56. The summed E-state index contributed by atoms with van der Waals surface area (Å²) in [6.45, 7) is 3.54. The maximum atomic E-state index is 12.8. The molecule has 0 saturated heterocycles. The van der Waals surface area contributed by atoms with Crippen LogP contribution in [0, 0.1) is 5.92 Å². The fourth-order valence-electron chi connectivity index (χ4n) is 3.88. The first-order valence-corrected chi connectivity index (χ1v) is 11.8.